The van der Waals surface area contributed by atoms with Gasteiger partial charge < -0.3 is 19.2 Å². The van der Waals surface area contributed by atoms with Gasteiger partial charge in [0.05, 0.1) is 12.3 Å². The van der Waals surface area contributed by atoms with Gasteiger partial charge in [0.1, 0.15) is 18.1 Å². The number of carbonyl (C=O) groups is 1. The van der Waals surface area contributed by atoms with Crippen LogP contribution >= 0.6 is 0 Å². The molecule has 6 heteroatoms. The molecule has 1 fully saturated rings. The molecule has 188 valence electrons. The van der Waals surface area contributed by atoms with E-state index in [2.05, 4.69) is 17.3 Å². The number of oxime groups is 1. The third kappa shape index (κ3) is 7.60. The summed E-state index contributed by atoms with van der Waals surface area (Å²) in [5.41, 5.74) is 3.93. The summed E-state index contributed by atoms with van der Waals surface area (Å²) in [5.74, 6) is 1.56. The Morgan fingerprint density at radius 3 is 2.17 bits per heavy atom. The first-order valence-electron chi connectivity index (χ1n) is 12.7. The Balaban J connectivity index is 1.39. The second-order valence-electron chi connectivity index (χ2n) is 8.81. The zero-order chi connectivity index (χ0) is 25.0. The summed E-state index contributed by atoms with van der Waals surface area (Å²) in [5, 5.41) is 4.49. The molecule has 4 rings (SSSR count). The monoisotopic (exact) mass is 486 g/mol. The van der Waals surface area contributed by atoms with Gasteiger partial charge >= 0.3 is 0 Å². The summed E-state index contributed by atoms with van der Waals surface area (Å²) in [6.45, 7) is 4.70. The molecule has 3 aromatic carbocycles. The minimum absolute atomic E-state index is 0.0489. The number of ether oxygens (including phenoxy) is 2. The quantitative estimate of drug-likeness (QED) is 0.260. The highest BCUT2D eigenvalue weighted by Gasteiger charge is 2.17. The van der Waals surface area contributed by atoms with Gasteiger partial charge in [0.2, 0.25) is 0 Å². The van der Waals surface area contributed by atoms with Crippen LogP contribution in [0.25, 0.3) is 0 Å². The van der Waals surface area contributed by atoms with Gasteiger partial charge in [-0.15, -0.1) is 0 Å². The minimum atomic E-state index is 0.0489. The highest BCUT2D eigenvalue weighted by molar-refractivity contribution is 6.01. The zero-order valence-electron chi connectivity index (χ0n) is 20.9. The topological polar surface area (TPSA) is 60.4 Å². The van der Waals surface area contributed by atoms with Crippen LogP contribution in [0.15, 0.2) is 84.0 Å². The van der Waals surface area contributed by atoms with Crippen LogP contribution in [0, 0.1) is 0 Å². The first kappa shape index (κ1) is 25.3. The van der Waals surface area contributed by atoms with Gasteiger partial charge in [-0.2, -0.15) is 0 Å². The van der Waals surface area contributed by atoms with E-state index in [9.17, 15) is 4.79 Å². The van der Waals surface area contributed by atoms with Gasteiger partial charge in [0.25, 0.3) is 5.91 Å². The molecule has 0 radical (unpaired) electrons. The molecule has 1 amide bonds. The Kier molecular flexibility index (Phi) is 9.37. The van der Waals surface area contributed by atoms with Crippen molar-refractivity contribution in [3.8, 4) is 11.5 Å². The van der Waals surface area contributed by atoms with Gasteiger partial charge in [-0.05, 0) is 79.3 Å². The molecule has 36 heavy (non-hydrogen) atoms. The number of hydrogen-bond acceptors (Lipinski definition) is 5. The normalized spacial score (nSPS) is 13.8. The number of amides is 1. The zero-order valence-corrected chi connectivity index (χ0v) is 20.9. The molecule has 0 unspecified atom stereocenters. The van der Waals surface area contributed by atoms with Crippen LogP contribution in [-0.4, -0.2) is 42.8 Å². The van der Waals surface area contributed by atoms with Crippen LogP contribution < -0.4 is 9.47 Å². The van der Waals surface area contributed by atoms with Crippen LogP contribution in [0.5, 0.6) is 11.5 Å². The third-order valence-corrected chi connectivity index (χ3v) is 6.11. The van der Waals surface area contributed by atoms with Crippen molar-refractivity contribution in [1.29, 1.82) is 0 Å². The molecule has 0 N–H and O–H groups in total. The van der Waals surface area contributed by atoms with E-state index in [1.54, 1.807) is 0 Å². The van der Waals surface area contributed by atoms with Gasteiger partial charge in [-0.25, -0.2) is 0 Å². The van der Waals surface area contributed by atoms with Crippen molar-refractivity contribution < 1.29 is 19.1 Å². The van der Waals surface area contributed by atoms with Crippen molar-refractivity contribution in [3.05, 3.63) is 95.6 Å². The number of benzene rings is 3. The summed E-state index contributed by atoms with van der Waals surface area (Å²) in [7, 11) is 0. The Hall–Kier alpha value is -3.80. The third-order valence-electron chi connectivity index (χ3n) is 6.11. The van der Waals surface area contributed by atoms with Gasteiger partial charge in [-0.3, -0.25) is 4.79 Å². The van der Waals surface area contributed by atoms with Crippen molar-refractivity contribution in [2.24, 2.45) is 5.16 Å². The van der Waals surface area contributed by atoms with Crippen LogP contribution in [0.3, 0.4) is 0 Å². The first-order chi connectivity index (χ1) is 17.7. The van der Waals surface area contributed by atoms with Gasteiger partial charge in [0.15, 0.2) is 6.61 Å². The molecule has 0 saturated carbocycles. The van der Waals surface area contributed by atoms with E-state index in [1.165, 1.54) is 6.42 Å². The highest BCUT2D eigenvalue weighted by atomic mass is 16.6. The van der Waals surface area contributed by atoms with Crippen LogP contribution in [0.2, 0.25) is 0 Å². The molecule has 1 aliphatic rings. The van der Waals surface area contributed by atoms with E-state index in [-0.39, 0.29) is 12.5 Å². The van der Waals surface area contributed by atoms with Crippen molar-refractivity contribution in [1.82, 2.24) is 4.90 Å². The Morgan fingerprint density at radius 1 is 0.806 bits per heavy atom. The van der Waals surface area contributed by atoms with E-state index in [0.29, 0.717) is 25.4 Å². The largest absolute Gasteiger partial charge is 0.494 e. The summed E-state index contributed by atoms with van der Waals surface area (Å²) in [6.07, 6.45) is 3.98. The molecule has 0 bridgehead atoms. The number of rotatable bonds is 11. The maximum absolute atomic E-state index is 12.4. The lowest BCUT2D eigenvalue weighted by atomic mass is 10.0. The van der Waals surface area contributed by atoms with Crippen LogP contribution in [0.4, 0.5) is 0 Å². The maximum atomic E-state index is 12.4. The lowest BCUT2D eigenvalue weighted by Gasteiger charge is -2.26. The lowest BCUT2D eigenvalue weighted by molar-refractivity contribution is -0.134. The average Bonchev–Trinajstić information content (AvgIpc) is 2.94. The number of piperidine rings is 1. The van der Waals surface area contributed by atoms with Crippen molar-refractivity contribution >= 4 is 11.6 Å². The van der Waals surface area contributed by atoms with Gasteiger partial charge in [0, 0.05) is 19.5 Å². The fraction of sp³-hybridized carbons (Fsp3) is 0.333. The Morgan fingerprint density at radius 2 is 1.47 bits per heavy atom. The first-order valence-corrected chi connectivity index (χ1v) is 12.7. The molecular weight excluding hydrogens is 452 g/mol. The van der Waals surface area contributed by atoms with Crippen molar-refractivity contribution in [2.45, 2.75) is 39.2 Å². The molecular formula is C30H34N2O4. The SMILES string of the molecule is CCOc1ccc(CON=C(Cc2ccccc2)c2ccc(OCC(=O)N3CCCCC3)cc2)cc1. The number of likely N-dealkylation sites (tertiary alicyclic amines) is 1. The highest BCUT2D eigenvalue weighted by Crippen LogP contribution is 2.17. The second-order valence-corrected chi connectivity index (χ2v) is 8.81. The predicted octanol–water partition coefficient (Wildman–Crippen LogP) is 5.64. The number of carbonyl (C=O) groups excluding carboxylic acids is 1. The fourth-order valence-corrected chi connectivity index (χ4v) is 4.13. The van der Waals surface area contributed by atoms with Crippen molar-refractivity contribution in [2.75, 3.05) is 26.3 Å². The molecule has 0 aromatic heterocycles. The summed E-state index contributed by atoms with van der Waals surface area (Å²) in [6, 6.07) is 25.7. The van der Waals surface area contributed by atoms with Crippen molar-refractivity contribution in [3.63, 3.8) is 0 Å². The molecule has 0 aliphatic carbocycles. The molecule has 0 spiro atoms. The summed E-state index contributed by atoms with van der Waals surface area (Å²) in [4.78, 5) is 20.0. The molecule has 1 saturated heterocycles. The number of hydrogen-bond donors (Lipinski definition) is 0. The molecule has 3 aromatic rings. The molecule has 1 aliphatic heterocycles. The minimum Gasteiger partial charge on any atom is -0.494 e. The maximum Gasteiger partial charge on any atom is 0.260 e. The average molecular weight is 487 g/mol. The van der Waals surface area contributed by atoms with E-state index >= 15 is 0 Å². The smallest absolute Gasteiger partial charge is 0.260 e. The van der Waals surface area contributed by atoms with E-state index in [1.807, 2.05) is 78.6 Å². The van der Waals surface area contributed by atoms with E-state index in [4.69, 9.17) is 14.3 Å². The summed E-state index contributed by atoms with van der Waals surface area (Å²) >= 11 is 0. The summed E-state index contributed by atoms with van der Waals surface area (Å²) < 4.78 is 11.3. The Labute approximate surface area is 213 Å². The second kappa shape index (κ2) is 13.3. The van der Waals surface area contributed by atoms with Crippen LogP contribution in [0.1, 0.15) is 42.9 Å². The van der Waals surface area contributed by atoms with E-state index in [0.717, 1.165) is 54.1 Å². The fourth-order valence-electron chi connectivity index (χ4n) is 4.13. The van der Waals surface area contributed by atoms with Crippen LogP contribution in [-0.2, 0) is 22.7 Å². The van der Waals surface area contributed by atoms with Gasteiger partial charge in [-0.1, -0.05) is 47.6 Å². The van der Waals surface area contributed by atoms with E-state index < -0.39 is 0 Å². The predicted molar refractivity (Wildman–Crippen MR) is 141 cm³/mol. The lowest BCUT2D eigenvalue weighted by Crippen LogP contribution is -2.38. The molecule has 0 atom stereocenters. The molecule has 1 heterocycles. The Bertz CT molecular complexity index is 1110. The standard InChI is InChI=1S/C30H34N2O4/c1-2-34-27-15-11-25(12-16-27)22-36-31-29(21-24-9-5-3-6-10-24)26-13-17-28(18-14-26)35-23-30(33)32-19-7-4-8-20-32/h3,5-6,9-18H,2,4,7-8,19-23H2,1H3. The number of nitrogens with zero attached hydrogens (tertiary/aromatic N) is 2. The molecule has 6 nitrogen and oxygen atoms in total.